The van der Waals surface area contributed by atoms with Crippen molar-refractivity contribution in [3.05, 3.63) is 288 Å². The summed E-state index contributed by atoms with van der Waals surface area (Å²) in [6.07, 6.45) is 0. The lowest BCUT2D eigenvalue weighted by molar-refractivity contribution is 0.655. The smallest absolute Gasteiger partial charge is 0.0701 e. The number of fused-ring (bicyclic) bond motifs is 6. The molecule has 0 bridgehead atoms. The van der Waals surface area contributed by atoms with Crippen molar-refractivity contribution in [3.8, 4) is 27.9 Å². The Morgan fingerprint density at radius 1 is 0.348 bits per heavy atom. The monoisotopic (exact) mass is 844 g/mol. The highest BCUT2D eigenvalue weighted by Crippen LogP contribution is 2.53. The molecule has 0 saturated heterocycles. The second-order valence-corrected chi connectivity index (χ2v) is 18.1. The van der Waals surface area contributed by atoms with Gasteiger partial charge in [-0.05, 0) is 128 Å². The molecule has 0 spiro atoms. The Labute approximate surface area is 387 Å². The largest absolute Gasteiger partial charge is 0.311 e. The van der Waals surface area contributed by atoms with Gasteiger partial charge in [0.25, 0.3) is 0 Å². The first-order chi connectivity index (χ1) is 32.5. The van der Waals surface area contributed by atoms with E-state index >= 15 is 0 Å². The minimum absolute atomic E-state index is 0.227. The molecule has 314 valence electrons. The molecule has 2 nitrogen and oxygen atoms in total. The fourth-order valence-electron chi connectivity index (χ4n) is 11.0. The van der Waals surface area contributed by atoms with Crippen LogP contribution < -0.4 is 4.90 Å². The van der Waals surface area contributed by atoms with Gasteiger partial charge in [0.05, 0.1) is 16.4 Å². The number of benzene rings is 10. The molecule has 11 aromatic rings. The van der Waals surface area contributed by atoms with Gasteiger partial charge in [-0.25, -0.2) is 0 Å². The fourth-order valence-corrected chi connectivity index (χ4v) is 11.0. The van der Waals surface area contributed by atoms with Crippen LogP contribution in [0.1, 0.15) is 47.2 Å². The highest BCUT2D eigenvalue weighted by molar-refractivity contribution is 6.10. The number of anilines is 3. The van der Waals surface area contributed by atoms with E-state index in [9.17, 15) is 0 Å². The number of aromatic nitrogens is 1. The van der Waals surface area contributed by atoms with E-state index in [1.54, 1.807) is 0 Å². The summed E-state index contributed by atoms with van der Waals surface area (Å²) in [6.45, 7) is 4.81. The van der Waals surface area contributed by atoms with E-state index in [2.05, 4.69) is 278 Å². The van der Waals surface area contributed by atoms with E-state index in [0.29, 0.717) is 0 Å². The van der Waals surface area contributed by atoms with Crippen molar-refractivity contribution in [1.29, 1.82) is 0 Å². The highest BCUT2D eigenvalue weighted by Gasteiger charge is 2.42. The summed E-state index contributed by atoms with van der Waals surface area (Å²) in [4.78, 5) is 2.31. The lowest BCUT2D eigenvalue weighted by atomic mass is 9.64. The first-order valence-corrected chi connectivity index (χ1v) is 23.0. The summed E-state index contributed by atoms with van der Waals surface area (Å²) < 4.78 is 2.41. The van der Waals surface area contributed by atoms with Crippen LogP contribution in [0.4, 0.5) is 17.1 Å². The third kappa shape index (κ3) is 6.25. The van der Waals surface area contributed by atoms with Gasteiger partial charge < -0.3 is 9.47 Å². The normalized spacial score (nSPS) is 12.8. The highest BCUT2D eigenvalue weighted by atomic mass is 15.1. The fraction of sp³-hybridized carbons (Fsp3) is 0.0625. The van der Waals surface area contributed by atoms with Gasteiger partial charge in [0, 0.05) is 38.9 Å². The Hall–Kier alpha value is -8.20. The van der Waals surface area contributed by atoms with Crippen LogP contribution in [0.5, 0.6) is 0 Å². The quantitative estimate of drug-likeness (QED) is 0.131. The number of hydrogen-bond donors (Lipinski definition) is 0. The molecule has 0 unspecified atom stereocenters. The topological polar surface area (TPSA) is 8.17 Å². The molecule has 1 heterocycles. The lowest BCUT2D eigenvalue weighted by Crippen LogP contribution is -2.31. The van der Waals surface area contributed by atoms with Gasteiger partial charge in [0.15, 0.2) is 0 Å². The van der Waals surface area contributed by atoms with Gasteiger partial charge in [-0.2, -0.15) is 0 Å². The van der Waals surface area contributed by atoms with E-state index < -0.39 is 5.41 Å². The van der Waals surface area contributed by atoms with Crippen LogP contribution in [0, 0.1) is 0 Å². The number of para-hydroxylation sites is 3. The predicted octanol–water partition coefficient (Wildman–Crippen LogP) is 16.6. The molecule has 0 amide bonds. The lowest BCUT2D eigenvalue weighted by Gasteiger charge is -2.37. The van der Waals surface area contributed by atoms with Gasteiger partial charge in [-0.1, -0.05) is 196 Å². The second kappa shape index (κ2) is 15.8. The predicted molar refractivity (Wildman–Crippen MR) is 277 cm³/mol. The molecule has 12 rings (SSSR count). The molecular weight excluding hydrogens is 797 g/mol. The number of hydrogen-bond acceptors (Lipinski definition) is 1. The molecular formula is C64H48N2. The summed E-state index contributed by atoms with van der Waals surface area (Å²) >= 11 is 0. The zero-order chi connectivity index (χ0) is 44.2. The van der Waals surface area contributed by atoms with E-state index in [1.807, 2.05) is 0 Å². The van der Waals surface area contributed by atoms with Crippen molar-refractivity contribution in [2.45, 2.75) is 24.7 Å². The molecule has 0 aliphatic heterocycles. The Morgan fingerprint density at radius 3 is 1.36 bits per heavy atom. The Bertz CT molecular complexity index is 3380. The van der Waals surface area contributed by atoms with E-state index in [0.717, 1.165) is 22.7 Å². The average Bonchev–Trinajstić information content (AvgIpc) is 3.83. The van der Waals surface area contributed by atoms with Crippen molar-refractivity contribution in [3.63, 3.8) is 0 Å². The third-order valence-corrected chi connectivity index (χ3v) is 14.1. The molecule has 2 heteroatoms. The molecule has 10 aromatic carbocycles. The van der Waals surface area contributed by atoms with Crippen LogP contribution in [-0.4, -0.2) is 4.57 Å². The van der Waals surface area contributed by atoms with Crippen LogP contribution in [0.25, 0.3) is 49.7 Å². The zero-order valence-electron chi connectivity index (χ0n) is 37.1. The first kappa shape index (κ1) is 39.4. The summed E-state index contributed by atoms with van der Waals surface area (Å²) in [6, 6.07) is 93.5. The van der Waals surface area contributed by atoms with E-state index in [-0.39, 0.29) is 5.41 Å². The van der Waals surface area contributed by atoms with E-state index in [1.165, 1.54) is 77.4 Å². The minimum atomic E-state index is -0.504. The van der Waals surface area contributed by atoms with Crippen LogP contribution >= 0.6 is 0 Å². The minimum Gasteiger partial charge on any atom is -0.311 e. The number of rotatable bonds is 9. The Morgan fingerprint density at radius 2 is 0.788 bits per heavy atom. The van der Waals surface area contributed by atoms with Crippen LogP contribution in [0.3, 0.4) is 0 Å². The molecule has 1 aliphatic rings. The average molecular weight is 845 g/mol. The molecule has 0 saturated carbocycles. The molecule has 0 atom stereocenters. The maximum Gasteiger partial charge on any atom is 0.0701 e. The van der Waals surface area contributed by atoms with Crippen molar-refractivity contribution in [2.24, 2.45) is 0 Å². The van der Waals surface area contributed by atoms with Crippen LogP contribution in [0.2, 0.25) is 0 Å². The van der Waals surface area contributed by atoms with Crippen molar-refractivity contribution >= 4 is 38.9 Å². The van der Waals surface area contributed by atoms with Crippen molar-refractivity contribution < 1.29 is 0 Å². The molecule has 0 fully saturated rings. The Kier molecular flexibility index (Phi) is 9.43. The van der Waals surface area contributed by atoms with Gasteiger partial charge >= 0.3 is 0 Å². The first-order valence-electron chi connectivity index (χ1n) is 23.0. The SMILES string of the molecule is CC1(C)c2cc(-c3ccc4c(c3)c3ccccc3n4-c3ccc(N(c4ccccc4)c4ccccc4)cc3)ccc2-c2ccc(C(c3ccccc3)(c3ccccc3)c3ccccc3)cc21. The molecule has 0 radical (unpaired) electrons. The van der Waals surface area contributed by atoms with Gasteiger partial charge in [0.1, 0.15) is 0 Å². The summed E-state index contributed by atoms with van der Waals surface area (Å²) in [5.41, 5.74) is 19.0. The van der Waals surface area contributed by atoms with E-state index in [4.69, 9.17) is 0 Å². The second-order valence-electron chi connectivity index (χ2n) is 18.1. The Balaban J connectivity index is 0.935. The molecule has 66 heavy (non-hydrogen) atoms. The number of nitrogens with zero attached hydrogens (tertiary/aromatic N) is 2. The van der Waals surface area contributed by atoms with Gasteiger partial charge in [0.2, 0.25) is 0 Å². The van der Waals surface area contributed by atoms with Crippen LogP contribution in [-0.2, 0) is 10.8 Å². The maximum atomic E-state index is 2.51. The summed E-state index contributed by atoms with van der Waals surface area (Å²) in [7, 11) is 0. The van der Waals surface area contributed by atoms with Crippen molar-refractivity contribution in [2.75, 3.05) is 4.90 Å². The molecule has 0 N–H and O–H groups in total. The molecule has 1 aliphatic carbocycles. The zero-order valence-corrected chi connectivity index (χ0v) is 37.1. The molecule has 1 aromatic heterocycles. The van der Waals surface area contributed by atoms with Gasteiger partial charge in [-0.3, -0.25) is 0 Å². The van der Waals surface area contributed by atoms with Gasteiger partial charge in [-0.15, -0.1) is 0 Å². The third-order valence-electron chi connectivity index (χ3n) is 14.1. The van der Waals surface area contributed by atoms with Crippen molar-refractivity contribution in [1.82, 2.24) is 4.57 Å². The van der Waals surface area contributed by atoms with Crippen LogP contribution in [0.15, 0.2) is 255 Å². The standard InChI is InChI=1S/C64H48N2/c1-63(2)59-43-46(32-39-55(59)56-40-34-50(44-60(56)63)64(47-20-8-3-9-21-47,48-22-10-4-11-23-48)49-24-12-5-13-25-49)45-33-41-62-58(42-45)57-30-18-19-31-61(57)66(62)54-37-35-53(36-38-54)65(51-26-14-6-15-27-51)52-28-16-7-17-29-52/h3-44H,1-2H3. The maximum absolute atomic E-state index is 2.51. The summed E-state index contributed by atoms with van der Waals surface area (Å²) in [5, 5.41) is 2.49. The summed E-state index contributed by atoms with van der Waals surface area (Å²) in [5.74, 6) is 0.